The second-order valence-corrected chi connectivity index (χ2v) is 6.37. The predicted octanol–water partition coefficient (Wildman–Crippen LogP) is 5.12. The fraction of sp³-hybridized carbons (Fsp3) is 0.118. The van der Waals surface area contributed by atoms with Crippen molar-refractivity contribution in [3.63, 3.8) is 0 Å². The molecule has 0 fully saturated rings. The number of imidazole rings is 1. The van der Waals surface area contributed by atoms with E-state index >= 15 is 0 Å². The molecular weight excluding hydrogens is 362 g/mol. The molecule has 1 heterocycles. The predicted molar refractivity (Wildman–Crippen MR) is 95.1 cm³/mol. The van der Waals surface area contributed by atoms with E-state index in [0.717, 1.165) is 33.2 Å². The van der Waals surface area contributed by atoms with Gasteiger partial charge in [-0.15, -0.1) is 0 Å². The molecule has 1 aromatic heterocycles. The summed E-state index contributed by atoms with van der Waals surface area (Å²) >= 11 is 9.50. The monoisotopic (exact) mass is 375 g/mol. The first kappa shape index (κ1) is 15.1. The molecule has 0 atom stereocenters. The zero-order valence-corrected chi connectivity index (χ0v) is 14.4. The molecule has 0 radical (unpaired) electrons. The van der Waals surface area contributed by atoms with Gasteiger partial charge in [0.2, 0.25) is 5.95 Å². The Morgan fingerprint density at radius 3 is 2.68 bits per heavy atom. The second kappa shape index (κ2) is 6.55. The highest BCUT2D eigenvalue weighted by molar-refractivity contribution is 9.10. The Morgan fingerprint density at radius 2 is 1.95 bits per heavy atom. The Labute approximate surface area is 143 Å². The van der Waals surface area contributed by atoms with E-state index in [9.17, 15) is 0 Å². The highest BCUT2D eigenvalue weighted by Gasteiger charge is 2.08. The lowest BCUT2D eigenvalue weighted by atomic mass is 10.2. The number of anilines is 1. The first-order valence-electron chi connectivity index (χ1n) is 6.89. The summed E-state index contributed by atoms with van der Waals surface area (Å²) < 4.78 is 3.11. The molecular formula is C17H15BrClN3. The summed E-state index contributed by atoms with van der Waals surface area (Å²) in [5, 5.41) is 4.08. The third-order valence-corrected chi connectivity index (χ3v) is 4.24. The molecule has 3 rings (SSSR count). The van der Waals surface area contributed by atoms with Crippen LogP contribution in [-0.2, 0) is 13.6 Å². The van der Waals surface area contributed by atoms with Gasteiger partial charge in [-0.1, -0.05) is 51.8 Å². The molecule has 0 amide bonds. The van der Waals surface area contributed by atoms with E-state index in [-0.39, 0.29) is 0 Å². The third kappa shape index (κ3) is 3.34. The number of halogens is 2. The van der Waals surface area contributed by atoms with Gasteiger partial charge in [0, 0.05) is 28.7 Å². The Balaban J connectivity index is 1.77. The molecule has 0 aliphatic rings. The average Bonchev–Trinajstić information content (AvgIpc) is 2.88. The molecule has 1 N–H and O–H groups in total. The van der Waals surface area contributed by atoms with E-state index in [1.165, 1.54) is 5.56 Å². The molecule has 0 unspecified atom stereocenters. The number of hydrogen-bond donors (Lipinski definition) is 1. The largest absolute Gasteiger partial charge is 0.352 e. The zero-order chi connectivity index (χ0) is 15.5. The van der Waals surface area contributed by atoms with Gasteiger partial charge >= 0.3 is 0 Å². The van der Waals surface area contributed by atoms with Gasteiger partial charge in [-0.2, -0.15) is 0 Å². The van der Waals surface area contributed by atoms with E-state index in [2.05, 4.69) is 38.4 Å². The first-order chi connectivity index (χ1) is 10.6. The molecule has 3 aromatic rings. The quantitative estimate of drug-likeness (QED) is 0.685. The molecule has 0 spiro atoms. The maximum Gasteiger partial charge on any atom is 0.203 e. The third-order valence-electron chi connectivity index (χ3n) is 3.47. The lowest BCUT2D eigenvalue weighted by molar-refractivity contribution is 0.907. The molecule has 0 saturated carbocycles. The fourth-order valence-corrected chi connectivity index (χ4v) is 2.73. The summed E-state index contributed by atoms with van der Waals surface area (Å²) in [5.74, 6) is 0.831. The van der Waals surface area contributed by atoms with Crippen molar-refractivity contribution in [1.82, 2.24) is 9.55 Å². The Kier molecular flexibility index (Phi) is 4.50. The molecule has 0 bridgehead atoms. The lowest BCUT2D eigenvalue weighted by Crippen LogP contribution is -2.05. The van der Waals surface area contributed by atoms with Crippen molar-refractivity contribution >= 4 is 33.5 Å². The van der Waals surface area contributed by atoms with Crippen molar-refractivity contribution in [2.24, 2.45) is 7.05 Å². The van der Waals surface area contributed by atoms with Crippen molar-refractivity contribution in [2.75, 3.05) is 5.32 Å². The van der Waals surface area contributed by atoms with Crippen LogP contribution in [0.3, 0.4) is 0 Å². The van der Waals surface area contributed by atoms with Crippen molar-refractivity contribution in [3.05, 3.63) is 69.8 Å². The number of benzene rings is 2. The number of aromatic nitrogens is 2. The summed E-state index contributed by atoms with van der Waals surface area (Å²) in [4.78, 5) is 4.45. The smallest absolute Gasteiger partial charge is 0.203 e. The summed E-state index contributed by atoms with van der Waals surface area (Å²) in [6, 6.07) is 16.0. The van der Waals surface area contributed by atoms with Gasteiger partial charge in [-0.3, -0.25) is 0 Å². The molecule has 0 saturated heterocycles. The van der Waals surface area contributed by atoms with Crippen molar-refractivity contribution < 1.29 is 0 Å². The second-order valence-electron chi connectivity index (χ2n) is 5.02. The van der Waals surface area contributed by atoms with Crippen LogP contribution in [0, 0.1) is 0 Å². The highest BCUT2D eigenvalue weighted by atomic mass is 79.9. The Morgan fingerprint density at radius 1 is 1.18 bits per heavy atom. The van der Waals surface area contributed by atoms with Gasteiger partial charge in [0.15, 0.2) is 0 Å². The summed E-state index contributed by atoms with van der Waals surface area (Å²) in [5.41, 5.74) is 3.29. The molecule has 2 aromatic carbocycles. The van der Waals surface area contributed by atoms with Crippen LogP contribution < -0.4 is 5.32 Å². The average molecular weight is 377 g/mol. The van der Waals surface area contributed by atoms with E-state index < -0.39 is 0 Å². The van der Waals surface area contributed by atoms with Gasteiger partial charge in [-0.25, -0.2) is 4.98 Å². The van der Waals surface area contributed by atoms with Crippen LogP contribution in [0.4, 0.5) is 5.95 Å². The SMILES string of the molecule is Cn1c(-c2cccc(Cl)c2)cnc1NCc1ccc(Br)cc1. The summed E-state index contributed by atoms with van der Waals surface area (Å²) in [6.07, 6.45) is 1.86. The summed E-state index contributed by atoms with van der Waals surface area (Å²) in [7, 11) is 1.99. The van der Waals surface area contributed by atoms with Crippen LogP contribution in [0.15, 0.2) is 59.2 Å². The topological polar surface area (TPSA) is 29.9 Å². The van der Waals surface area contributed by atoms with Crippen LogP contribution in [-0.4, -0.2) is 9.55 Å². The molecule has 22 heavy (non-hydrogen) atoms. The highest BCUT2D eigenvalue weighted by Crippen LogP contribution is 2.24. The van der Waals surface area contributed by atoms with E-state index in [1.807, 2.05) is 54.2 Å². The molecule has 112 valence electrons. The van der Waals surface area contributed by atoms with Crippen LogP contribution in [0.5, 0.6) is 0 Å². The minimum atomic E-state index is 0.725. The number of nitrogens with one attached hydrogen (secondary N) is 1. The fourth-order valence-electron chi connectivity index (χ4n) is 2.27. The zero-order valence-electron chi connectivity index (χ0n) is 12.1. The van der Waals surface area contributed by atoms with E-state index in [0.29, 0.717) is 0 Å². The minimum Gasteiger partial charge on any atom is -0.352 e. The van der Waals surface area contributed by atoms with Crippen LogP contribution in [0.25, 0.3) is 11.3 Å². The van der Waals surface area contributed by atoms with Gasteiger partial charge in [0.1, 0.15) is 0 Å². The maximum atomic E-state index is 6.06. The summed E-state index contributed by atoms with van der Waals surface area (Å²) in [6.45, 7) is 0.729. The Hall–Kier alpha value is -1.78. The molecule has 5 heteroatoms. The molecule has 3 nitrogen and oxygen atoms in total. The maximum absolute atomic E-state index is 6.06. The van der Waals surface area contributed by atoms with Gasteiger partial charge in [-0.05, 0) is 29.8 Å². The van der Waals surface area contributed by atoms with Crippen molar-refractivity contribution in [3.8, 4) is 11.3 Å². The van der Waals surface area contributed by atoms with Crippen LogP contribution >= 0.6 is 27.5 Å². The van der Waals surface area contributed by atoms with Crippen molar-refractivity contribution in [1.29, 1.82) is 0 Å². The van der Waals surface area contributed by atoms with E-state index in [1.54, 1.807) is 0 Å². The molecule has 0 aliphatic carbocycles. The Bertz CT molecular complexity index is 781. The lowest BCUT2D eigenvalue weighted by Gasteiger charge is -2.09. The van der Waals surface area contributed by atoms with Crippen molar-refractivity contribution in [2.45, 2.75) is 6.54 Å². The minimum absolute atomic E-state index is 0.725. The van der Waals surface area contributed by atoms with E-state index in [4.69, 9.17) is 11.6 Å². The molecule has 0 aliphatic heterocycles. The normalized spacial score (nSPS) is 10.7. The van der Waals surface area contributed by atoms with Crippen LogP contribution in [0.2, 0.25) is 5.02 Å². The standard InChI is InChI=1S/C17H15BrClN3/c1-22-16(13-3-2-4-15(19)9-13)11-21-17(22)20-10-12-5-7-14(18)8-6-12/h2-9,11H,10H2,1H3,(H,20,21). The first-order valence-corrected chi connectivity index (χ1v) is 8.06. The number of nitrogens with zero attached hydrogens (tertiary/aromatic N) is 2. The number of hydrogen-bond acceptors (Lipinski definition) is 2. The van der Waals surface area contributed by atoms with Gasteiger partial charge in [0.25, 0.3) is 0 Å². The van der Waals surface area contributed by atoms with Gasteiger partial charge in [0.05, 0.1) is 11.9 Å². The van der Waals surface area contributed by atoms with Gasteiger partial charge < -0.3 is 9.88 Å². The number of rotatable bonds is 4. The van der Waals surface area contributed by atoms with Crippen LogP contribution in [0.1, 0.15) is 5.56 Å².